The lowest BCUT2D eigenvalue weighted by Crippen LogP contribution is -2.38. The molecule has 2 saturated heterocycles. The first-order chi connectivity index (χ1) is 12.6. The van der Waals surface area contributed by atoms with Gasteiger partial charge in [-0.3, -0.25) is 0 Å². The molecular formula is C17H14Cl2FN5O. The van der Waals surface area contributed by atoms with Gasteiger partial charge >= 0.3 is 0 Å². The Balaban J connectivity index is 1.80. The molecule has 0 N–H and O–H groups in total. The van der Waals surface area contributed by atoms with Crippen molar-refractivity contribution in [1.82, 2.24) is 19.6 Å². The average molecular weight is 394 g/mol. The van der Waals surface area contributed by atoms with Gasteiger partial charge < -0.3 is 9.64 Å². The van der Waals surface area contributed by atoms with Crippen LogP contribution in [0.3, 0.4) is 0 Å². The topological polar surface area (TPSA) is 58.9 Å². The Morgan fingerprint density at radius 2 is 2.12 bits per heavy atom. The number of hydrogen-bond donors (Lipinski definition) is 0. The molecule has 2 aromatic heterocycles. The minimum absolute atomic E-state index is 0.0890. The normalized spacial score (nSPS) is 24.8. The zero-order valence-electron chi connectivity index (χ0n) is 13.7. The number of hydrogen-bond acceptors (Lipinski definition) is 5. The van der Waals surface area contributed by atoms with E-state index in [0.29, 0.717) is 23.1 Å². The summed E-state index contributed by atoms with van der Waals surface area (Å²) in [5, 5.41) is 4.66. The van der Waals surface area contributed by atoms with Gasteiger partial charge in [-0.05, 0) is 24.5 Å². The molecule has 0 saturated carbocycles. The molecule has 2 aliphatic heterocycles. The SMILES string of the molecule is CC1CCN(c2c(-c3c(F)cccc3Cl)c(Cl)nc3ncnn23)C2OC12. The first-order valence-electron chi connectivity index (χ1n) is 8.32. The van der Waals surface area contributed by atoms with Gasteiger partial charge in [-0.1, -0.05) is 36.2 Å². The van der Waals surface area contributed by atoms with E-state index in [2.05, 4.69) is 26.9 Å². The number of nitrogens with zero attached hydrogens (tertiary/aromatic N) is 5. The third kappa shape index (κ3) is 2.31. The van der Waals surface area contributed by atoms with E-state index in [1.807, 2.05) is 0 Å². The summed E-state index contributed by atoms with van der Waals surface area (Å²) < 4.78 is 22.1. The number of fused-ring (bicyclic) bond motifs is 2. The van der Waals surface area contributed by atoms with Crippen molar-refractivity contribution in [3.8, 4) is 11.1 Å². The molecule has 2 fully saturated rings. The van der Waals surface area contributed by atoms with Crippen LogP contribution in [0.1, 0.15) is 13.3 Å². The van der Waals surface area contributed by atoms with Crippen molar-refractivity contribution in [2.24, 2.45) is 5.92 Å². The van der Waals surface area contributed by atoms with Gasteiger partial charge in [0, 0.05) is 12.1 Å². The molecular weight excluding hydrogens is 380 g/mol. The largest absolute Gasteiger partial charge is 0.347 e. The Kier molecular flexibility index (Phi) is 3.60. The monoisotopic (exact) mass is 393 g/mol. The van der Waals surface area contributed by atoms with Gasteiger partial charge in [0.25, 0.3) is 5.78 Å². The summed E-state index contributed by atoms with van der Waals surface area (Å²) in [6, 6.07) is 4.53. The first-order valence-corrected chi connectivity index (χ1v) is 9.07. The first kappa shape index (κ1) is 16.2. The van der Waals surface area contributed by atoms with Crippen molar-refractivity contribution in [3.05, 3.63) is 40.5 Å². The summed E-state index contributed by atoms with van der Waals surface area (Å²) in [6.45, 7) is 2.90. The van der Waals surface area contributed by atoms with Gasteiger partial charge in [-0.2, -0.15) is 19.6 Å². The minimum Gasteiger partial charge on any atom is -0.347 e. The smallest absolute Gasteiger partial charge is 0.255 e. The number of halogens is 3. The number of piperidine rings is 1. The molecule has 1 aromatic carbocycles. The summed E-state index contributed by atoms with van der Waals surface area (Å²) in [6.07, 6.45) is 2.40. The average Bonchev–Trinajstić information content (AvgIpc) is 3.29. The Morgan fingerprint density at radius 1 is 1.27 bits per heavy atom. The van der Waals surface area contributed by atoms with E-state index in [1.165, 1.54) is 12.4 Å². The van der Waals surface area contributed by atoms with Crippen LogP contribution in [0.5, 0.6) is 0 Å². The van der Waals surface area contributed by atoms with Crippen LogP contribution >= 0.6 is 23.2 Å². The highest BCUT2D eigenvalue weighted by molar-refractivity contribution is 6.36. The maximum absolute atomic E-state index is 14.7. The van der Waals surface area contributed by atoms with Crippen molar-refractivity contribution in [3.63, 3.8) is 0 Å². The molecule has 0 bridgehead atoms. The van der Waals surface area contributed by atoms with Crippen molar-refractivity contribution in [2.45, 2.75) is 25.7 Å². The maximum Gasteiger partial charge on any atom is 0.255 e. The molecule has 3 atom stereocenters. The molecule has 0 radical (unpaired) electrons. The fourth-order valence-corrected chi connectivity index (χ4v) is 4.17. The second kappa shape index (κ2) is 5.77. The van der Waals surface area contributed by atoms with E-state index < -0.39 is 5.82 Å². The minimum atomic E-state index is -0.472. The van der Waals surface area contributed by atoms with Gasteiger partial charge in [0.2, 0.25) is 0 Å². The van der Waals surface area contributed by atoms with E-state index in [1.54, 1.807) is 16.6 Å². The van der Waals surface area contributed by atoms with Crippen molar-refractivity contribution in [2.75, 3.05) is 11.4 Å². The molecule has 6 nitrogen and oxygen atoms in total. The third-order valence-electron chi connectivity index (χ3n) is 5.04. The molecule has 0 spiro atoms. The number of rotatable bonds is 2. The van der Waals surface area contributed by atoms with Crippen LogP contribution in [0.15, 0.2) is 24.5 Å². The second-order valence-corrected chi connectivity index (χ2v) is 7.39. The van der Waals surface area contributed by atoms with Crippen LogP contribution in [-0.2, 0) is 4.74 Å². The maximum atomic E-state index is 14.7. The van der Waals surface area contributed by atoms with Gasteiger partial charge in [0.15, 0.2) is 6.23 Å². The Hall–Kier alpha value is -1.96. The summed E-state index contributed by atoms with van der Waals surface area (Å²) >= 11 is 12.8. The van der Waals surface area contributed by atoms with Crippen LogP contribution in [0.2, 0.25) is 10.2 Å². The van der Waals surface area contributed by atoms with Gasteiger partial charge in [0.1, 0.15) is 29.2 Å². The van der Waals surface area contributed by atoms with E-state index in [4.69, 9.17) is 27.9 Å². The fourth-order valence-electron chi connectivity index (χ4n) is 3.66. The number of benzene rings is 1. The molecule has 9 heteroatoms. The van der Waals surface area contributed by atoms with E-state index in [-0.39, 0.29) is 28.1 Å². The zero-order valence-corrected chi connectivity index (χ0v) is 15.2. The quantitative estimate of drug-likeness (QED) is 0.489. The van der Waals surface area contributed by atoms with E-state index in [9.17, 15) is 4.39 Å². The molecule has 3 aromatic rings. The summed E-state index contributed by atoms with van der Waals surface area (Å²) in [5.74, 6) is 0.946. The van der Waals surface area contributed by atoms with E-state index >= 15 is 0 Å². The number of ether oxygens (including phenoxy) is 1. The predicted molar refractivity (Wildman–Crippen MR) is 96.0 cm³/mol. The Labute approximate surface area is 158 Å². The molecule has 4 heterocycles. The summed E-state index contributed by atoms with van der Waals surface area (Å²) in [4.78, 5) is 10.4. The highest BCUT2D eigenvalue weighted by Crippen LogP contribution is 2.47. The number of aromatic nitrogens is 4. The Morgan fingerprint density at radius 3 is 2.92 bits per heavy atom. The van der Waals surface area contributed by atoms with Crippen molar-refractivity contribution >= 4 is 34.8 Å². The van der Waals surface area contributed by atoms with Crippen LogP contribution in [0, 0.1) is 11.7 Å². The lowest BCUT2D eigenvalue weighted by molar-refractivity contribution is 0.337. The summed E-state index contributed by atoms with van der Waals surface area (Å²) in [7, 11) is 0. The molecule has 5 rings (SSSR count). The molecule has 2 aliphatic rings. The van der Waals surface area contributed by atoms with Crippen LogP contribution in [0.25, 0.3) is 16.9 Å². The lowest BCUT2D eigenvalue weighted by atomic mass is 9.98. The molecule has 0 amide bonds. The standard InChI is InChI=1S/C17H14Cl2FN5O/c1-8-5-6-24(16-13(8)26-16)15-12(11-9(18)3-2-4-10(11)20)14(19)23-17-21-7-22-25(15)17/h2-4,7-8,13,16H,5-6H2,1H3. The fraction of sp³-hybridized carbons (Fsp3) is 0.353. The van der Waals surface area contributed by atoms with Crippen molar-refractivity contribution < 1.29 is 9.13 Å². The molecule has 26 heavy (non-hydrogen) atoms. The number of epoxide rings is 1. The van der Waals surface area contributed by atoms with Gasteiger partial charge in [0.05, 0.1) is 10.6 Å². The molecule has 3 unspecified atom stereocenters. The van der Waals surface area contributed by atoms with E-state index in [0.717, 1.165) is 13.0 Å². The molecule has 0 aliphatic carbocycles. The summed E-state index contributed by atoms with van der Waals surface area (Å²) in [5.41, 5.74) is 0.603. The highest BCUT2D eigenvalue weighted by Gasteiger charge is 2.51. The zero-order chi connectivity index (χ0) is 18.0. The lowest BCUT2D eigenvalue weighted by Gasteiger charge is -2.30. The second-order valence-electron chi connectivity index (χ2n) is 6.62. The van der Waals surface area contributed by atoms with Gasteiger partial charge in [-0.15, -0.1) is 0 Å². The Bertz CT molecular complexity index is 1010. The van der Waals surface area contributed by atoms with Crippen LogP contribution in [0.4, 0.5) is 10.2 Å². The third-order valence-corrected chi connectivity index (χ3v) is 5.63. The molecule has 134 valence electrons. The van der Waals surface area contributed by atoms with Crippen molar-refractivity contribution in [1.29, 1.82) is 0 Å². The van der Waals surface area contributed by atoms with Crippen LogP contribution < -0.4 is 4.90 Å². The van der Waals surface area contributed by atoms with Crippen LogP contribution in [-0.4, -0.2) is 38.5 Å². The number of anilines is 1. The predicted octanol–water partition coefficient (Wildman–Crippen LogP) is 3.81. The highest BCUT2D eigenvalue weighted by atomic mass is 35.5. The van der Waals surface area contributed by atoms with Gasteiger partial charge in [-0.25, -0.2) is 4.39 Å².